The molecule has 2 heterocycles. The summed E-state index contributed by atoms with van der Waals surface area (Å²) in [7, 11) is 0. The number of rotatable bonds is 4. The molecule has 7 heteroatoms. The predicted molar refractivity (Wildman–Crippen MR) is 74.7 cm³/mol. The summed E-state index contributed by atoms with van der Waals surface area (Å²) in [4.78, 5) is 4.41. The van der Waals surface area contributed by atoms with Crippen LogP contribution in [0.2, 0.25) is 0 Å². The first kappa shape index (κ1) is 11.2. The quantitative estimate of drug-likeness (QED) is 0.794. The predicted octanol–water partition coefficient (Wildman–Crippen LogP) is 3.40. The average molecular weight is 290 g/mol. The highest BCUT2D eigenvalue weighted by Crippen LogP contribution is 2.34. The number of para-hydroxylation sites is 2. The van der Waals surface area contributed by atoms with Crippen LogP contribution in [-0.2, 0) is 0 Å². The highest BCUT2D eigenvalue weighted by Gasteiger charge is 2.22. The van der Waals surface area contributed by atoms with E-state index in [1.54, 1.807) is 0 Å². The fraction of sp³-hybridized carbons (Fsp3) is 0.250. The summed E-state index contributed by atoms with van der Waals surface area (Å²) >= 11 is 2.94. The third-order valence-electron chi connectivity index (χ3n) is 2.76. The van der Waals surface area contributed by atoms with Gasteiger partial charge in [0.2, 0.25) is 5.13 Å². The van der Waals surface area contributed by atoms with Crippen molar-refractivity contribution >= 4 is 39.3 Å². The highest BCUT2D eigenvalue weighted by molar-refractivity contribution is 8.00. The number of hydrogen-bond donors (Lipinski definition) is 1. The van der Waals surface area contributed by atoms with Crippen molar-refractivity contribution in [1.82, 2.24) is 15.2 Å². The first-order chi connectivity index (χ1) is 9.37. The molecule has 0 bridgehead atoms. The first-order valence-electron chi connectivity index (χ1n) is 6.00. The van der Waals surface area contributed by atoms with E-state index in [0.29, 0.717) is 11.3 Å². The highest BCUT2D eigenvalue weighted by atomic mass is 32.2. The normalized spacial score (nSPS) is 14.9. The Hall–Kier alpha value is -1.60. The lowest BCUT2D eigenvalue weighted by molar-refractivity contribution is 0.489. The van der Waals surface area contributed by atoms with E-state index >= 15 is 0 Å². The molecule has 1 aromatic carbocycles. The van der Waals surface area contributed by atoms with Gasteiger partial charge in [-0.1, -0.05) is 23.5 Å². The van der Waals surface area contributed by atoms with Gasteiger partial charge in [-0.05, 0) is 25.0 Å². The smallest absolute Gasteiger partial charge is 0.264 e. The molecule has 3 aromatic rings. The van der Waals surface area contributed by atoms with Crippen molar-refractivity contribution in [2.75, 3.05) is 5.32 Å². The molecule has 5 nitrogen and oxygen atoms in total. The van der Waals surface area contributed by atoms with Gasteiger partial charge < -0.3 is 9.73 Å². The van der Waals surface area contributed by atoms with E-state index in [0.717, 1.165) is 20.6 Å². The van der Waals surface area contributed by atoms with Crippen molar-refractivity contribution in [1.29, 1.82) is 0 Å². The van der Waals surface area contributed by atoms with E-state index in [4.69, 9.17) is 4.42 Å². The third kappa shape index (κ3) is 2.43. The number of nitrogens with zero attached hydrogens (tertiary/aromatic N) is 3. The van der Waals surface area contributed by atoms with Gasteiger partial charge >= 0.3 is 0 Å². The number of anilines is 1. The molecule has 0 saturated heterocycles. The maximum atomic E-state index is 5.64. The molecule has 1 aliphatic rings. The average Bonchev–Trinajstić information content (AvgIpc) is 2.97. The molecule has 96 valence electrons. The molecule has 0 unspecified atom stereocenters. The molecule has 1 fully saturated rings. The lowest BCUT2D eigenvalue weighted by atomic mass is 10.3. The van der Waals surface area contributed by atoms with Gasteiger partial charge in [-0.25, -0.2) is 4.98 Å². The fourth-order valence-electron chi connectivity index (χ4n) is 1.68. The van der Waals surface area contributed by atoms with E-state index < -0.39 is 0 Å². The minimum absolute atomic E-state index is 0.593. The van der Waals surface area contributed by atoms with Gasteiger partial charge in [0.1, 0.15) is 5.52 Å². The molecule has 0 atom stereocenters. The van der Waals surface area contributed by atoms with Crippen LogP contribution in [0.4, 0.5) is 5.13 Å². The van der Waals surface area contributed by atoms with Crippen LogP contribution in [0.25, 0.3) is 11.1 Å². The topological polar surface area (TPSA) is 63.8 Å². The van der Waals surface area contributed by atoms with Crippen molar-refractivity contribution in [3.8, 4) is 0 Å². The summed E-state index contributed by atoms with van der Waals surface area (Å²) in [5.41, 5.74) is 1.66. The molecule has 0 spiro atoms. The van der Waals surface area contributed by atoms with Crippen LogP contribution >= 0.6 is 23.1 Å². The molecule has 0 amide bonds. The molecule has 0 aliphatic heterocycles. The van der Waals surface area contributed by atoms with E-state index in [-0.39, 0.29) is 0 Å². The maximum absolute atomic E-state index is 5.64. The van der Waals surface area contributed by atoms with Gasteiger partial charge in [0.25, 0.3) is 5.22 Å². The van der Waals surface area contributed by atoms with E-state index in [1.165, 1.54) is 35.9 Å². The third-order valence-corrected chi connectivity index (χ3v) is 4.51. The van der Waals surface area contributed by atoms with Gasteiger partial charge in [0.05, 0.1) is 0 Å². The fourth-order valence-corrected chi connectivity index (χ4v) is 3.36. The van der Waals surface area contributed by atoms with Crippen molar-refractivity contribution in [2.24, 2.45) is 0 Å². The van der Waals surface area contributed by atoms with Crippen molar-refractivity contribution < 1.29 is 4.42 Å². The summed E-state index contributed by atoms with van der Waals surface area (Å²) in [6, 6.07) is 8.32. The van der Waals surface area contributed by atoms with E-state index in [2.05, 4.69) is 20.5 Å². The van der Waals surface area contributed by atoms with E-state index in [9.17, 15) is 0 Å². The van der Waals surface area contributed by atoms with Crippen molar-refractivity contribution in [3.05, 3.63) is 24.3 Å². The van der Waals surface area contributed by atoms with Crippen molar-refractivity contribution in [3.63, 3.8) is 0 Å². The molecule has 1 N–H and O–H groups in total. The lowest BCUT2D eigenvalue weighted by Crippen LogP contribution is -1.99. The number of hydrogen-bond acceptors (Lipinski definition) is 7. The zero-order valence-corrected chi connectivity index (χ0v) is 11.5. The number of benzene rings is 1. The number of nitrogens with one attached hydrogen (secondary N) is 1. The summed E-state index contributed by atoms with van der Waals surface area (Å²) < 4.78 is 6.49. The Labute approximate surface area is 117 Å². The van der Waals surface area contributed by atoms with Crippen molar-refractivity contribution in [2.45, 2.75) is 28.4 Å². The SMILES string of the molecule is c1ccc2oc(Sc3nnc(NC4CC4)s3)nc2c1. The number of fused-ring (bicyclic) bond motifs is 1. The minimum Gasteiger partial charge on any atom is -0.431 e. The Morgan fingerprint density at radius 1 is 1.26 bits per heavy atom. The van der Waals surface area contributed by atoms with Crippen LogP contribution in [0, 0.1) is 0 Å². The van der Waals surface area contributed by atoms with Crippen LogP contribution in [-0.4, -0.2) is 21.2 Å². The van der Waals surface area contributed by atoms with E-state index in [1.807, 2.05) is 24.3 Å². The standard InChI is InChI=1S/C12H10N4OS2/c1-2-4-9-8(3-1)14-11(17-9)19-12-16-15-10(18-12)13-7-5-6-7/h1-4,7H,5-6H2,(H,13,15). The van der Waals surface area contributed by atoms with Crippen LogP contribution in [0.15, 0.2) is 38.2 Å². The Morgan fingerprint density at radius 2 is 2.16 bits per heavy atom. The maximum Gasteiger partial charge on any atom is 0.264 e. The molecule has 1 aliphatic carbocycles. The van der Waals surface area contributed by atoms with Crippen LogP contribution in [0.3, 0.4) is 0 Å². The van der Waals surface area contributed by atoms with Gasteiger partial charge in [-0.2, -0.15) is 0 Å². The van der Waals surface area contributed by atoms with Crippen LogP contribution in [0.5, 0.6) is 0 Å². The minimum atomic E-state index is 0.593. The second-order valence-electron chi connectivity index (χ2n) is 4.34. The Bertz CT molecular complexity index is 686. The van der Waals surface area contributed by atoms with Gasteiger partial charge in [0, 0.05) is 17.8 Å². The lowest BCUT2D eigenvalue weighted by Gasteiger charge is -1.93. The van der Waals surface area contributed by atoms with Gasteiger partial charge in [0.15, 0.2) is 9.92 Å². The summed E-state index contributed by atoms with van der Waals surface area (Å²) in [5, 5.41) is 13.1. The molecular weight excluding hydrogens is 280 g/mol. The van der Waals surface area contributed by atoms with Gasteiger partial charge in [-0.15, -0.1) is 10.2 Å². The summed E-state index contributed by atoms with van der Waals surface area (Å²) in [6.07, 6.45) is 2.46. The molecular formula is C12H10N4OS2. The second-order valence-corrected chi connectivity index (χ2v) is 6.52. The summed E-state index contributed by atoms with van der Waals surface area (Å²) in [5.74, 6) is 0. The number of oxazole rings is 1. The largest absolute Gasteiger partial charge is 0.431 e. The Morgan fingerprint density at radius 3 is 3.00 bits per heavy atom. The molecule has 0 radical (unpaired) electrons. The summed E-state index contributed by atoms with van der Waals surface area (Å²) in [6.45, 7) is 0. The Balaban J connectivity index is 1.54. The van der Waals surface area contributed by atoms with Crippen LogP contribution in [0.1, 0.15) is 12.8 Å². The number of aromatic nitrogens is 3. The molecule has 4 rings (SSSR count). The second kappa shape index (κ2) is 4.50. The molecule has 2 aromatic heterocycles. The Kier molecular flexibility index (Phi) is 2.66. The monoisotopic (exact) mass is 290 g/mol. The molecule has 19 heavy (non-hydrogen) atoms. The van der Waals surface area contributed by atoms with Gasteiger partial charge in [-0.3, -0.25) is 0 Å². The zero-order valence-electron chi connectivity index (χ0n) is 9.87. The van der Waals surface area contributed by atoms with Crippen LogP contribution < -0.4 is 5.32 Å². The first-order valence-corrected chi connectivity index (χ1v) is 7.63. The molecule has 1 saturated carbocycles. The zero-order chi connectivity index (χ0) is 12.7.